The van der Waals surface area contributed by atoms with Crippen LogP contribution in [-0.4, -0.2) is 29.8 Å². The number of carbonyl (C=O) groups excluding carboxylic acids is 2. The molecule has 114 valence electrons. The quantitative estimate of drug-likeness (QED) is 0.648. The molecule has 1 saturated carbocycles. The second-order valence-corrected chi connectivity index (χ2v) is 6.64. The lowest BCUT2D eigenvalue weighted by Gasteiger charge is -2.14. The molecule has 21 heavy (non-hydrogen) atoms. The average Bonchev–Trinajstić information content (AvgIpc) is 2.98. The molecule has 1 N–H and O–H groups in total. The SMILES string of the molecule is C[C@@H](Sc1ccccc1)C(=O)OCC(=O)NC1CCCC1. The molecule has 1 aromatic carbocycles. The van der Waals surface area contributed by atoms with Crippen LogP contribution in [0.2, 0.25) is 0 Å². The molecule has 1 fully saturated rings. The van der Waals surface area contributed by atoms with Gasteiger partial charge in [-0.3, -0.25) is 9.59 Å². The number of nitrogens with one attached hydrogen (secondary N) is 1. The molecular weight excluding hydrogens is 286 g/mol. The fourth-order valence-electron chi connectivity index (χ4n) is 2.34. The lowest BCUT2D eigenvalue weighted by Crippen LogP contribution is -2.36. The number of hydrogen-bond acceptors (Lipinski definition) is 4. The van der Waals surface area contributed by atoms with E-state index >= 15 is 0 Å². The number of esters is 1. The van der Waals surface area contributed by atoms with Crippen LogP contribution in [0.5, 0.6) is 0 Å². The van der Waals surface area contributed by atoms with Crippen LogP contribution in [0.25, 0.3) is 0 Å². The molecule has 0 saturated heterocycles. The van der Waals surface area contributed by atoms with Gasteiger partial charge in [0, 0.05) is 10.9 Å². The molecule has 0 spiro atoms. The number of ether oxygens (including phenoxy) is 1. The fourth-order valence-corrected chi connectivity index (χ4v) is 3.23. The zero-order valence-corrected chi connectivity index (χ0v) is 13.0. The molecule has 1 amide bonds. The van der Waals surface area contributed by atoms with Gasteiger partial charge in [0.2, 0.25) is 0 Å². The van der Waals surface area contributed by atoms with Gasteiger partial charge in [0.05, 0.1) is 0 Å². The lowest BCUT2D eigenvalue weighted by molar-refractivity contribution is -0.147. The molecule has 5 heteroatoms. The molecule has 0 bridgehead atoms. The van der Waals surface area contributed by atoms with E-state index in [0.29, 0.717) is 0 Å². The third-order valence-corrected chi connectivity index (χ3v) is 4.54. The minimum absolute atomic E-state index is 0.185. The normalized spacial score (nSPS) is 16.4. The molecule has 0 aliphatic heterocycles. The van der Waals surface area contributed by atoms with Gasteiger partial charge in [-0.1, -0.05) is 31.0 Å². The number of hydrogen-bond donors (Lipinski definition) is 1. The van der Waals surface area contributed by atoms with E-state index in [1.807, 2.05) is 30.3 Å². The van der Waals surface area contributed by atoms with Crippen LogP contribution in [0.1, 0.15) is 32.6 Å². The maximum absolute atomic E-state index is 11.9. The number of thioether (sulfide) groups is 1. The number of benzene rings is 1. The van der Waals surface area contributed by atoms with E-state index in [0.717, 1.165) is 30.6 Å². The number of carbonyl (C=O) groups is 2. The van der Waals surface area contributed by atoms with Crippen molar-refractivity contribution in [2.24, 2.45) is 0 Å². The van der Waals surface area contributed by atoms with Crippen molar-refractivity contribution < 1.29 is 14.3 Å². The minimum atomic E-state index is -0.356. The topological polar surface area (TPSA) is 55.4 Å². The maximum Gasteiger partial charge on any atom is 0.319 e. The van der Waals surface area contributed by atoms with Crippen LogP contribution in [0.3, 0.4) is 0 Å². The van der Waals surface area contributed by atoms with Crippen LogP contribution >= 0.6 is 11.8 Å². The van der Waals surface area contributed by atoms with Crippen LogP contribution in [0, 0.1) is 0 Å². The first-order valence-corrected chi connectivity index (χ1v) is 8.21. The van der Waals surface area contributed by atoms with Crippen molar-refractivity contribution >= 4 is 23.6 Å². The highest BCUT2D eigenvalue weighted by atomic mass is 32.2. The molecular formula is C16H21NO3S. The molecule has 1 aromatic rings. The molecule has 2 rings (SSSR count). The molecule has 0 unspecified atom stereocenters. The number of amides is 1. The summed E-state index contributed by atoms with van der Waals surface area (Å²) in [5, 5.41) is 2.57. The zero-order chi connectivity index (χ0) is 15.1. The van der Waals surface area contributed by atoms with Crippen molar-refractivity contribution in [1.82, 2.24) is 5.32 Å². The third kappa shape index (κ3) is 5.42. The summed E-state index contributed by atoms with van der Waals surface area (Å²) >= 11 is 1.43. The molecule has 1 aliphatic rings. The first kappa shape index (κ1) is 15.9. The number of rotatable bonds is 6. The minimum Gasteiger partial charge on any atom is -0.455 e. The van der Waals surface area contributed by atoms with E-state index in [-0.39, 0.29) is 29.8 Å². The van der Waals surface area contributed by atoms with Crippen molar-refractivity contribution in [3.05, 3.63) is 30.3 Å². The van der Waals surface area contributed by atoms with Crippen LogP contribution < -0.4 is 5.32 Å². The molecule has 1 aliphatic carbocycles. The van der Waals surface area contributed by atoms with Gasteiger partial charge in [0.25, 0.3) is 5.91 Å². The van der Waals surface area contributed by atoms with E-state index in [4.69, 9.17) is 4.74 Å². The first-order chi connectivity index (χ1) is 10.1. The highest BCUT2D eigenvalue weighted by molar-refractivity contribution is 8.00. The second kappa shape index (κ2) is 8.08. The van der Waals surface area contributed by atoms with Crippen LogP contribution in [0.15, 0.2) is 35.2 Å². The molecule has 4 nitrogen and oxygen atoms in total. The predicted molar refractivity (Wildman–Crippen MR) is 83.1 cm³/mol. The van der Waals surface area contributed by atoms with Crippen molar-refractivity contribution in [2.45, 2.75) is 48.8 Å². The monoisotopic (exact) mass is 307 g/mol. The van der Waals surface area contributed by atoms with Crippen LogP contribution in [-0.2, 0) is 14.3 Å². The Bertz CT molecular complexity index is 472. The Morgan fingerprint density at radius 2 is 1.95 bits per heavy atom. The van der Waals surface area contributed by atoms with Crippen molar-refractivity contribution in [1.29, 1.82) is 0 Å². The predicted octanol–water partition coefficient (Wildman–Crippen LogP) is 2.77. The Labute approximate surface area is 129 Å². The standard InChI is InChI=1S/C16H21NO3S/c1-12(21-14-9-3-2-4-10-14)16(19)20-11-15(18)17-13-7-5-6-8-13/h2-4,9-10,12-13H,5-8,11H2,1H3,(H,17,18)/t12-/m1/s1. The van der Waals surface area contributed by atoms with Gasteiger partial charge in [-0.05, 0) is 31.9 Å². The second-order valence-electron chi connectivity index (χ2n) is 5.23. The summed E-state index contributed by atoms with van der Waals surface area (Å²) < 4.78 is 5.08. The van der Waals surface area contributed by atoms with Crippen LogP contribution in [0.4, 0.5) is 0 Å². The zero-order valence-electron chi connectivity index (χ0n) is 12.2. The van der Waals surface area contributed by atoms with E-state index in [1.165, 1.54) is 11.8 Å². The maximum atomic E-state index is 11.9. The summed E-state index contributed by atoms with van der Waals surface area (Å²) in [7, 11) is 0. The Morgan fingerprint density at radius 3 is 2.62 bits per heavy atom. The summed E-state index contributed by atoms with van der Waals surface area (Å²) in [4.78, 5) is 24.6. The van der Waals surface area contributed by atoms with Crippen molar-refractivity contribution in [3.63, 3.8) is 0 Å². The Morgan fingerprint density at radius 1 is 1.29 bits per heavy atom. The lowest BCUT2D eigenvalue weighted by atomic mass is 10.2. The first-order valence-electron chi connectivity index (χ1n) is 7.33. The van der Waals surface area contributed by atoms with Gasteiger partial charge < -0.3 is 10.1 Å². The van der Waals surface area contributed by atoms with Gasteiger partial charge in [0.1, 0.15) is 5.25 Å². The van der Waals surface area contributed by atoms with Gasteiger partial charge in [-0.25, -0.2) is 0 Å². The third-order valence-electron chi connectivity index (χ3n) is 3.45. The Balaban J connectivity index is 1.69. The van der Waals surface area contributed by atoms with Crippen molar-refractivity contribution in [2.75, 3.05) is 6.61 Å². The van der Waals surface area contributed by atoms with E-state index in [2.05, 4.69) is 5.32 Å². The Hall–Kier alpha value is -1.49. The van der Waals surface area contributed by atoms with E-state index in [9.17, 15) is 9.59 Å². The molecule has 0 heterocycles. The van der Waals surface area contributed by atoms with Gasteiger partial charge in [-0.15, -0.1) is 11.8 Å². The fraction of sp³-hybridized carbons (Fsp3) is 0.500. The molecule has 1 atom stereocenters. The van der Waals surface area contributed by atoms with Crippen molar-refractivity contribution in [3.8, 4) is 0 Å². The highest BCUT2D eigenvalue weighted by Crippen LogP contribution is 2.23. The Kier molecular flexibility index (Phi) is 6.11. The summed E-state index contributed by atoms with van der Waals surface area (Å²) in [5.74, 6) is -0.558. The average molecular weight is 307 g/mol. The van der Waals surface area contributed by atoms with Gasteiger partial charge in [0.15, 0.2) is 6.61 Å². The van der Waals surface area contributed by atoms with E-state index in [1.54, 1.807) is 6.92 Å². The van der Waals surface area contributed by atoms with E-state index < -0.39 is 0 Å². The molecule has 0 radical (unpaired) electrons. The highest BCUT2D eigenvalue weighted by Gasteiger charge is 2.20. The largest absolute Gasteiger partial charge is 0.455 e. The smallest absolute Gasteiger partial charge is 0.319 e. The summed E-state index contributed by atoms with van der Waals surface area (Å²) in [6.07, 6.45) is 4.38. The summed E-state index contributed by atoms with van der Waals surface area (Å²) in [6.45, 7) is 1.60. The summed E-state index contributed by atoms with van der Waals surface area (Å²) in [6, 6.07) is 9.93. The summed E-state index contributed by atoms with van der Waals surface area (Å²) in [5.41, 5.74) is 0. The van der Waals surface area contributed by atoms with Gasteiger partial charge in [-0.2, -0.15) is 0 Å². The molecule has 0 aromatic heterocycles. The van der Waals surface area contributed by atoms with Gasteiger partial charge >= 0.3 is 5.97 Å².